The minimum atomic E-state index is -4.29. The molecule has 0 bridgehead atoms. The predicted octanol–water partition coefficient (Wildman–Crippen LogP) is -2.81. The fourth-order valence-corrected chi connectivity index (χ4v) is 1.48. The first-order chi connectivity index (χ1) is 6.38. The van der Waals surface area contributed by atoms with Crippen molar-refractivity contribution in [2.75, 3.05) is 5.75 Å². The molecule has 0 saturated heterocycles. The molecule has 0 unspecified atom stereocenters. The summed E-state index contributed by atoms with van der Waals surface area (Å²) in [5.41, 5.74) is 0.240. The largest absolute Gasteiger partial charge is 1.00 e. The van der Waals surface area contributed by atoms with Crippen LogP contribution < -0.4 is 29.6 Å². The van der Waals surface area contributed by atoms with E-state index in [2.05, 4.69) is 0 Å². The molecule has 0 heterocycles. The number of hydrogen-bond acceptors (Lipinski definition) is 5. The summed E-state index contributed by atoms with van der Waals surface area (Å²) in [4.78, 5) is 0. The van der Waals surface area contributed by atoms with Crippen molar-refractivity contribution in [3.8, 4) is 11.5 Å². The van der Waals surface area contributed by atoms with Gasteiger partial charge in [0.05, 0.1) is 10.1 Å². The Bertz CT molecular complexity index is 429. The van der Waals surface area contributed by atoms with Crippen molar-refractivity contribution in [3.63, 3.8) is 0 Å². The summed E-state index contributed by atoms with van der Waals surface area (Å²) in [7, 11) is -4.29. The summed E-state index contributed by atoms with van der Waals surface area (Å²) < 4.78 is 30.9. The third-order valence-corrected chi connectivity index (χ3v) is 2.39. The van der Waals surface area contributed by atoms with Gasteiger partial charge >= 0.3 is 29.6 Å². The van der Waals surface area contributed by atoms with Gasteiger partial charge < -0.3 is 14.8 Å². The van der Waals surface area contributed by atoms with Crippen molar-refractivity contribution in [3.05, 3.63) is 23.8 Å². The average molecular weight is 240 g/mol. The summed E-state index contributed by atoms with van der Waals surface area (Å²) in [6.07, 6.45) is -0.105. The Kier molecular flexibility index (Phi) is 5.61. The van der Waals surface area contributed by atoms with E-state index in [1.54, 1.807) is 0 Å². The molecule has 78 valence electrons. The standard InChI is InChI=1S/C8H10O5S.Na/c9-7-1-2-8(10)6(5-7)3-4-14(11,12)13;/h1-2,5,9-10H,3-4H2,(H,11,12,13);/q;+1/p-1. The smallest absolute Gasteiger partial charge is 0.748 e. The van der Waals surface area contributed by atoms with E-state index in [9.17, 15) is 18.1 Å². The molecule has 2 N–H and O–H groups in total. The van der Waals surface area contributed by atoms with E-state index in [-0.39, 0.29) is 53.0 Å². The van der Waals surface area contributed by atoms with E-state index in [0.29, 0.717) is 0 Å². The van der Waals surface area contributed by atoms with Crippen molar-refractivity contribution in [1.29, 1.82) is 0 Å². The van der Waals surface area contributed by atoms with Crippen LogP contribution in [0.15, 0.2) is 18.2 Å². The van der Waals surface area contributed by atoms with Gasteiger partial charge in [-0.3, -0.25) is 0 Å². The van der Waals surface area contributed by atoms with Gasteiger partial charge in [0.15, 0.2) is 0 Å². The number of aryl methyl sites for hydroxylation is 1. The molecule has 1 rings (SSSR count). The van der Waals surface area contributed by atoms with Gasteiger partial charge in [0.25, 0.3) is 0 Å². The van der Waals surface area contributed by atoms with E-state index < -0.39 is 15.9 Å². The molecule has 1 aromatic rings. The zero-order chi connectivity index (χ0) is 10.8. The Hall–Kier alpha value is -0.270. The molecular weight excluding hydrogens is 231 g/mol. The third kappa shape index (κ3) is 5.39. The monoisotopic (exact) mass is 240 g/mol. The van der Waals surface area contributed by atoms with Gasteiger partial charge in [-0.15, -0.1) is 0 Å². The molecule has 0 radical (unpaired) electrons. The molecule has 0 saturated carbocycles. The second-order valence-electron chi connectivity index (χ2n) is 2.82. The number of hydrogen-bond donors (Lipinski definition) is 2. The Labute approximate surface area is 110 Å². The Morgan fingerprint density at radius 1 is 1.27 bits per heavy atom. The van der Waals surface area contributed by atoms with Gasteiger partial charge in [0, 0.05) is 5.75 Å². The Morgan fingerprint density at radius 2 is 1.87 bits per heavy atom. The number of aromatic hydroxyl groups is 2. The maximum absolute atomic E-state index is 10.3. The summed E-state index contributed by atoms with van der Waals surface area (Å²) >= 11 is 0. The van der Waals surface area contributed by atoms with Gasteiger partial charge in [-0.2, -0.15) is 0 Å². The molecule has 0 aliphatic rings. The normalized spacial score (nSPS) is 10.7. The average Bonchev–Trinajstić information content (AvgIpc) is 2.05. The minimum Gasteiger partial charge on any atom is -0.748 e. The van der Waals surface area contributed by atoms with Crippen LogP contribution in [0, 0.1) is 0 Å². The Morgan fingerprint density at radius 3 is 2.40 bits per heavy atom. The van der Waals surface area contributed by atoms with Gasteiger partial charge in [0.2, 0.25) is 0 Å². The molecule has 0 aliphatic heterocycles. The summed E-state index contributed by atoms with van der Waals surface area (Å²) in [5.74, 6) is -0.808. The maximum atomic E-state index is 10.3. The Balaban J connectivity index is 0.00000196. The zero-order valence-corrected chi connectivity index (χ0v) is 11.0. The number of phenols is 2. The van der Waals surface area contributed by atoms with Gasteiger partial charge in [-0.25, -0.2) is 8.42 Å². The SMILES string of the molecule is O=S(=O)([O-])CCc1cc(O)ccc1O.[Na+]. The number of benzene rings is 1. The summed E-state index contributed by atoms with van der Waals surface area (Å²) in [6, 6.07) is 3.73. The topological polar surface area (TPSA) is 97.7 Å². The summed E-state index contributed by atoms with van der Waals surface area (Å²) in [5, 5.41) is 18.3. The zero-order valence-electron chi connectivity index (χ0n) is 8.17. The van der Waals surface area contributed by atoms with Crippen LogP contribution in [0.5, 0.6) is 11.5 Å². The van der Waals surface area contributed by atoms with Crippen LogP contribution in [0.3, 0.4) is 0 Å². The first-order valence-electron chi connectivity index (χ1n) is 3.83. The minimum absolute atomic E-state index is 0. The van der Waals surface area contributed by atoms with Gasteiger partial charge in [-0.1, -0.05) is 0 Å². The molecule has 0 fully saturated rings. The first-order valence-corrected chi connectivity index (χ1v) is 5.40. The molecule has 5 nitrogen and oxygen atoms in total. The predicted molar refractivity (Wildman–Crippen MR) is 48.0 cm³/mol. The van der Waals surface area contributed by atoms with Crippen molar-refractivity contribution < 1.29 is 52.7 Å². The first kappa shape index (κ1) is 14.7. The van der Waals surface area contributed by atoms with Crippen molar-refractivity contribution >= 4 is 10.1 Å². The fraction of sp³-hybridized carbons (Fsp3) is 0.250. The van der Waals surface area contributed by atoms with Crippen molar-refractivity contribution in [2.45, 2.75) is 6.42 Å². The molecule has 1 aromatic carbocycles. The van der Waals surface area contributed by atoms with Gasteiger partial charge in [-0.05, 0) is 30.2 Å². The summed E-state index contributed by atoms with van der Waals surface area (Å²) in [6.45, 7) is 0. The molecule has 15 heavy (non-hydrogen) atoms. The fourth-order valence-electron chi connectivity index (χ4n) is 1.01. The van der Waals surface area contributed by atoms with Crippen molar-refractivity contribution in [1.82, 2.24) is 0 Å². The number of rotatable bonds is 3. The van der Waals surface area contributed by atoms with E-state index in [0.717, 1.165) is 0 Å². The molecular formula is C8H9NaO5S. The van der Waals surface area contributed by atoms with E-state index in [1.165, 1.54) is 18.2 Å². The maximum Gasteiger partial charge on any atom is 1.00 e. The second kappa shape index (κ2) is 5.72. The molecule has 0 aromatic heterocycles. The van der Waals surface area contributed by atoms with Crippen LogP contribution in [-0.2, 0) is 16.5 Å². The number of phenolic OH excluding ortho intramolecular Hbond substituents is 2. The quantitative estimate of drug-likeness (QED) is 0.337. The molecule has 0 amide bonds. The molecule has 0 spiro atoms. The molecule has 0 atom stereocenters. The van der Waals surface area contributed by atoms with Crippen LogP contribution in [0.2, 0.25) is 0 Å². The van der Waals surface area contributed by atoms with E-state index >= 15 is 0 Å². The van der Waals surface area contributed by atoms with Gasteiger partial charge in [0.1, 0.15) is 11.5 Å². The van der Waals surface area contributed by atoms with Crippen LogP contribution in [0.4, 0.5) is 0 Å². The van der Waals surface area contributed by atoms with Crippen LogP contribution in [0.1, 0.15) is 5.56 Å². The van der Waals surface area contributed by atoms with Crippen LogP contribution in [-0.4, -0.2) is 28.9 Å². The van der Waals surface area contributed by atoms with Crippen LogP contribution >= 0.6 is 0 Å². The van der Waals surface area contributed by atoms with E-state index in [4.69, 9.17) is 5.11 Å². The van der Waals surface area contributed by atoms with Crippen molar-refractivity contribution in [2.24, 2.45) is 0 Å². The van der Waals surface area contributed by atoms with E-state index in [1.807, 2.05) is 0 Å². The van der Waals surface area contributed by atoms with Crippen LogP contribution in [0.25, 0.3) is 0 Å². The molecule has 0 aliphatic carbocycles. The third-order valence-electron chi connectivity index (χ3n) is 1.68. The molecule has 7 heteroatoms. The second-order valence-corrected chi connectivity index (χ2v) is 4.35.